The lowest BCUT2D eigenvalue weighted by molar-refractivity contribution is -0.154. The topological polar surface area (TPSA) is 72.5 Å². The van der Waals surface area contributed by atoms with E-state index in [1.54, 1.807) is 6.92 Å². The maximum atomic E-state index is 11.2. The number of nitrogens with two attached hydrogens (primary N) is 1. The van der Waals surface area contributed by atoms with Crippen molar-refractivity contribution in [3.63, 3.8) is 0 Å². The average Bonchev–Trinajstić information content (AvgIpc) is 2.29. The predicted molar refractivity (Wildman–Crippen MR) is 60.8 cm³/mol. The average molecular weight is 223 g/mol. The minimum atomic E-state index is -1.26. The normalized spacial score (nSPS) is 14.2. The number of hydrogen-bond donors (Lipinski definition) is 2. The SMILES string of the molecule is CCOC(=O)[C@@H](O)C(N)Cc1ccccc1. The molecule has 2 atom stereocenters. The quantitative estimate of drug-likeness (QED) is 0.712. The van der Waals surface area contributed by atoms with Gasteiger partial charge in [0.1, 0.15) is 0 Å². The fourth-order valence-corrected chi connectivity index (χ4v) is 1.40. The van der Waals surface area contributed by atoms with Gasteiger partial charge in [-0.2, -0.15) is 0 Å². The van der Waals surface area contributed by atoms with Crippen molar-refractivity contribution in [2.24, 2.45) is 5.73 Å². The van der Waals surface area contributed by atoms with Gasteiger partial charge in [-0.1, -0.05) is 30.3 Å². The molecular formula is C12H17NO3. The fourth-order valence-electron chi connectivity index (χ4n) is 1.40. The van der Waals surface area contributed by atoms with Crippen LogP contribution in [0.4, 0.5) is 0 Å². The van der Waals surface area contributed by atoms with Crippen LogP contribution in [0.2, 0.25) is 0 Å². The second-order valence-corrected chi connectivity index (χ2v) is 3.55. The van der Waals surface area contributed by atoms with Gasteiger partial charge in [-0.25, -0.2) is 4.79 Å². The molecule has 4 nitrogen and oxygen atoms in total. The highest BCUT2D eigenvalue weighted by Crippen LogP contribution is 2.05. The number of esters is 1. The van der Waals surface area contributed by atoms with Gasteiger partial charge >= 0.3 is 5.97 Å². The van der Waals surface area contributed by atoms with Crippen molar-refractivity contribution >= 4 is 5.97 Å². The summed E-state index contributed by atoms with van der Waals surface area (Å²) >= 11 is 0. The lowest BCUT2D eigenvalue weighted by atomic mass is 10.0. The number of benzene rings is 1. The Kier molecular flexibility index (Phi) is 4.95. The third-order valence-corrected chi connectivity index (χ3v) is 2.25. The Labute approximate surface area is 95.0 Å². The molecule has 1 rings (SSSR count). The molecule has 0 aliphatic rings. The van der Waals surface area contributed by atoms with Crippen LogP contribution in [-0.4, -0.2) is 29.8 Å². The van der Waals surface area contributed by atoms with Crippen molar-refractivity contribution in [2.45, 2.75) is 25.5 Å². The Bertz CT molecular complexity index is 326. The minimum absolute atomic E-state index is 0.244. The second kappa shape index (κ2) is 6.25. The highest BCUT2D eigenvalue weighted by molar-refractivity contribution is 5.75. The summed E-state index contributed by atoms with van der Waals surface area (Å²) in [5, 5.41) is 9.58. The first-order valence-electron chi connectivity index (χ1n) is 5.29. The van der Waals surface area contributed by atoms with Crippen molar-refractivity contribution in [1.82, 2.24) is 0 Å². The smallest absolute Gasteiger partial charge is 0.336 e. The Hall–Kier alpha value is -1.39. The largest absolute Gasteiger partial charge is 0.464 e. The molecule has 88 valence electrons. The summed E-state index contributed by atoms with van der Waals surface area (Å²) in [6.07, 6.45) is -0.818. The van der Waals surface area contributed by atoms with E-state index in [1.165, 1.54) is 0 Å². The van der Waals surface area contributed by atoms with Crippen molar-refractivity contribution < 1.29 is 14.6 Å². The van der Waals surface area contributed by atoms with E-state index in [0.29, 0.717) is 6.42 Å². The van der Waals surface area contributed by atoms with Gasteiger partial charge in [0.25, 0.3) is 0 Å². The Morgan fingerprint density at radius 1 is 1.44 bits per heavy atom. The van der Waals surface area contributed by atoms with Crippen molar-refractivity contribution in [3.05, 3.63) is 35.9 Å². The Morgan fingerprint density at radius 2 is 2.06 bits per heavy atom. The molecule has 4 heteroatoms. The van der Waals surface area contributed by atoms with Crippen LogP contribution in [0.1, 0.15) is 12.5 Å². The monoisotopic (exact) mass is 223 g/mol. The molecule has 0 radical (unpaired) electrons. The number of carbonyl (C=O) groups is 1. The van der Waals surface area contributed by atoms with E-state index in [4.69, 9.17) is 10.5 Å². The van der Waals surface area contributed by atoms with E-state index in [9.17, 15) is 9.90 Å². The van der Waals surface area contributed by atoms with Crippen molar-refractivity contribution in [3.8, 4) is 0 Å². The van der Waals surface area contributed by atoms with Gasteiger partial charge in [0.2, 0.25) is 0 Å². The molecule has 0 bridgehead atoms. The van der Waals surface area contributed by atoms with Gasteiger partial charge in [-0.15, -0.1) is 0 Å². The fraction of sp³-hybridized carbons (Fsp3) is 0.417. The van der Waals surface area contributed by atoms with Gasteiger partial charge in [-0.05, 0) is 18.9 Å². The van der Waals surface area contributed by atoms with Crippen LogP contribution in [0.5, 0.6) is 0 Å². The molecule has 0 saturated heterocycles. The molecule has 1 unspecified atom stereocenters. The minimum Gasteiger partial charge on any atom is -0.464 e. The zero-order chi connectivity index (χ0) is 12.0. The first-order valence-corrected chi connectivity index (χ1v) is 5.29. The first-order chi connectivity index (χ1) is 7.65. The second-order valence-electron chi connectivity index (χ2n) is 3.55. The first kappa shape index (κ1) is 12.7. The standard InChI is InChI=1S/C12H17NO3/c1-2-16-12(15)11(14)10(13)8-9-6-4-3-5-7-9/h3-7,10-11,14H,2,8,13H2,1H3/t10?,11-/m0/s1. The third-order valence-electron chi connectivity index (χ3n) is 2.25. The number of hydrogen-bond acceptors (Lipinski definition) is 4. The van der Waals surface area contributed by atoms with Crippen LogP contribution in [0.25, 0.3) is 0 Å². The Morgan fingerprint density at radius 3 is 2.62 bits per heavy atom. The van der Waals surface area contributed by atoms with E-state index in [0.717, 1.165) is 5.56 Å². The molecule has 3 N–H and O–H groups in total. The number of carbonyl (C=O) groups excluding carboxylic acids is 1. The zero-order valence-corrected chi connectivity index (χ0v) is 9.30. The van der Waals surface area contributed by atoms with E-state index >= 15 is 0 Å². The lowest BCUT2D eigenvalue weighted by Crippen LogP contribution is -2.42. The van der Waals surface area contributed by atoms with Crippen LogP contribution in [-0.2, 0) is 16.0 Å². The molecule has 0 saturated carbocycles. The molecular weight excluding hydrogens is 206 g/mol. The maximum Gasteiger partial charge on any atom is 0.336 e. The highest BCUT2D eigenvalue weighted by Gasteiger charge is 2.24. The van der Waals surface area contributed by atoms with Gasteiger partial charge in [-0.3, -0.25) is 0 Å². The molecule has 0 spiro atoms. The highest BCUT2D eigenvalue weighted by atomic mass is 16.5. The summed E-state index contributed by atoms with van der Waals surface area (Å²) in [7, 11) is 0. The molecule has 0 aliphatic heterocycles. The van der Waals surface area contributed by atoms with Crippen LogP contribution in [0.15, 0.2) is 30.3 Å². The van der Waals surface area contributed by atoms with Crippen molar-refractivity contribution in [2.75, 3.05) is 6.61 Å². The van der Waals surface area contributed by atoms with Crippen LogP contribution in [0, 0.1) is 0 Å². The predicted octanol–water partition coefficient (Wildman–Crippen LogP) is 0.480. The van der Waals surface area contributed by atoms with E-state index < -0.39 is 18.1 Å². The van der Waals surface area contributed by atoms with Crippen molar-refractivity contribution in [1.29, 1.82) is 0 Å². The summed E-state index contributed by atoms with van der Waals surface area (Å²) < 4.78 is 4.69. The van der Waals surface area contributed by atoms with E-state index in [1.807, 2.05) is 30.3 Å². The number of aliphatic hydroxyl groups excluding tert-OH is 1. The van der Waals surface area contributed by atoms with Gasteiger partial charge < -0.3 is 15.6 Å². The summed E-state index contributed by atoms with van der Waals surface area (Å²) in [5.74, 6) is -0.661. The molecule has 0 aromatic heterocycles. The molecule has 1 aromatic rings. The maximum absolute atomic E-state index is 11.2. The lowest BCUT2D eigenvalue weighted by Gasteiger charge is -2.17. The number of rotatable bonds is 5. The summed E-state index contributed by atoms with van der Waals surface area (Å²) in [6, 6.07) is 8.84. The zero-order valence-electron chi connectivity index (χ0n) is 9.30. The van der Waals surface area contributed by atoms with Crippen LogP contribution in [0.3, 0.4) is 0 Å². The molecule has 0 heterocycles. The Balaban J connectivity index is 2.52. The molecule has 0 fully saturated rings. The summed E-state index contributed by atoms with van der Waals surface area (Å²) in [6.45, 7) is 1.93. The molecule has 16 heavy (non-hydrogen) atoms. The van der Waals surface area contributed by atoms with Crippen LogP contribution < -0.4 is 5.73 Å². The number of ether oxygens (including phenoxy) is 1. The van der Waals surface area contributed by atoms with Gasteiger partial charge in [0, 0.05) is 6.04 Å². The van der Waals surface area contributed by atoms with Crippen LogP contribution >= 0.6 is 0 Å². The summed E-state index contributed by atoms with van der Waals surface area (Å²) in [4.78, 5) is 11.2. The number of aliphatic hydroxyl groups is 1. The van der Waals surface area contributed by atoms with Gasteiger partial charge in [0.15, 0.2) is 6.10 Å². The molecule has 0 aliphatic carbocycles. The summed E-state index contributed by atoms with van der Waals surface area (Å²) in [5.41, 5.74) is 6.71. The van der Waals surface area contributed by atoms with Gasteiger partial charge in [0.05, 0.1) is 6.61 Å². The van der Waals surface area contributed by atoms with E-state index in [-0.39, 0.29) is 6.61 Å². The molecule has 0 amide bonds. The third kappa shape index (κ3) is 3.64. The molecule has 1 aromatic carbocycles. The van der Waals surface area contributed by atoms with E-state index in [2.05, 4.69) is 0 Å².